The molecule has 0 aliphatic heterocycles. The lowest BCUT2D eigenvalue weighted by Gasteiger charge is -2.34. The van der Waals surface area contributed by atoms with Crippen molar-refractivity contribution >= 4 is 54.3 Å². The summed E-state index contributed by atoms with van der Waals surface area (Å²) in [6, 6.07) is 76.0. The van der Waals surface area contributed by atoms with Gasteiger partial charge in [-0.15, -0.1) is 0 Å². The lowest BCUT2D eigenvalue weighted by molar-refractivity contribution is 0.672. The molecule has 0 amide bonds. The van der Waals surface area contributed by atoms with Gasteiger partial charge in [-0.25, -0.2) is 0 Å². The SMILES string of the molecule is c1ccc(C2(c3ccccc3)c3ccccc3-c3ccc4ccc(-c5ccc6cc(-c7ccc8oc9c%10ccccc%10ccc9c8c7)ccc6c5)cc4c32)cc1. The van der Waals surface area contributed by atoms with Crippen LogP contribution in [0.5, 0.6) is 0 Å². The van der Waals surface area contributed by atoms with Gasteiger partial charge in [-0.3, -0.25) is 0 Å². The minimum Gasteiger partial charge on any atom is -0.455 e. The molecule has 10 aromatic carbocycles. The van der Waals surface area contributed by atoms with Crippen LogP contribution in [0.15, 0.2) is 211 Å². The van der Waals surface area contributed by atoms with Gasteiger partial charge >= 0.3 is 0 Å². The summed E-state index contributed by atoms with van der Waals surface area (Å²) in [5, 5.41) is 9.62. The van der Waals surface area contributed by atoms with Crippen LogP contribution >= 0.6 is 0 Å². The van der Waals surface area contributed by atoms with Gasteiger partial charge in [-0.1, -0.05) is 170 Å². The van der Waals surface area contributed by atoms with Crippen molar-refractivity contribution < 1.29 is 4.42 Å². The van der Waals surface area contributed by atoms with Crippen LogP contribution in [-0.2, 0) is 5.41 Å². The van der Waals surface area contributed by atoms with Gasteiger partial charge in [0, 0.05) is 16.2 Å². The molecule has 56 heavy (non-hydrogen) atoms. The quantitative estimate of drug-likeness (QED) is 0.177. The fourth-order valence-electron chi connectivity index (χ4n) is 9.74. The molecule has 1 heteroatoms. The summed E-state index contributed by atoms with van der Waals surface area (Å²) in [6.07, 6.45) is 0. The zero-order chi connectivity index (χ0) is 36.8. The van der Waals surface area contributed by atoms with E-state index in [4.69, 9.17) is 4.42 Å². The maximum Gasteiger partial charge on any atom is 0.143 e. The van der Waals surface area contributed by atoms with E-state index in [1.165, 1.54) is 82.6 Å². The summed E-state index contributed by atoms with van der Waals surface area (Å²) in [5.41, 5.74) is 14.1. The van der Waals surface area contributed by atoms with Gasteiger partial charge in [0.15, 0.2) is 0 Å². The van der Waals surface area contributed by atoms with Crippen LogP contribution in [0.4, 0.5) is 0 Å². The molecule has 0 atom stereocenters. The van der Waals surface area contributed by atoms with Crippen molar-refractivity contribution in [2.24, 2.45) is 0 Å². The van der Waals surface area contributed by atoms with Crippen LogP contribution < -0.4 is 0 Å². The summed E-state index contributed by atoms with van der Waals surface area (Å²) in [7, 11) is 0. The van der Waals surface area contributed by atoms with Gasteiger partial charge < -0.3 is 4.42 Å². The number of rotatable bonds is 4. The van der Waals surface area contributed by atoms with Crippen LogP contribution in [0.1, 0.15) is 22.3 Å². The van der Waals surface area contributed by atoms with Crippen LogP contribution in [0.2, 0.25) is 0 Å². The van der Waals surface area contributed by atoms with Crippen molar-refractivity contribution in [3.63, 3.8) is 0 Å². The third-order valence-electron chi connectivity index (χ3n) is 12.3. The average Bonchev–Trinajstić information content (AvgIpc) is 3.81. The van der Waals surface area contributed by atoms with Crippen LogP contribution in [0.3, 0.4) is 0 Å². The molecule has 0 bridgehead atoms. The first kappa shape index (κ1) is 31.2. The maximum absolute atomic E-state index is 6.41. The molecule has 12 rings (SSSR count). The summed E-state index contributed by atoms with van der Waals surface area (Å²) in [4.78, 5) is 0. The van der Waals surface area contributed by atoms with Gasteiger partial charge in [-0.05, 0) is 119 Å². The molecule has 260 valence electrons. The Kier molecular flexibility index (Phi) is 6.62. The first-order chi connectivity index (χ1) is 27.7. The predicted octanol–water partition coefficient (Wildman–Crippen LogP) is 14.7. The highest BCUT2D eigenvalue weighted by atomic mass is 16.3. The Bertz CT molecular complexity index is 3310. The molecule has 0 spiro atoms. The van der Waals surface area contributed by atoms with Crippen LogP contribution in [-0.4, -0.2) is 0 Å². The van der Waals surface area contributed by atoms with E-state index >= 15 is 0 Å². The largest absolute Gasteiger partial charge is 0.455 e. The van der Waals surface area contributed by atoms with Gasteiger partial charge in [0.05, 0.1) is 5.41 Å². The van der Waals surface area contributed by atoms with Gasteiger partial charge in [0.1, 0.15) is 11.2 Å². The fraction of sp³-hybridized carbons (Fsp3) is 0.0182. The lowest BCUT2D eigenvalue weighted by atomic mass is 9.66. The number of benzene rings is 10. The van der Waals surface area contributed by atoms with Crippen LogP contribution in [0, 0.1) is 0 Å². The Morgan fingerprint density at radius 3 is 1.59 bits per heavy atom. The Balaban J connectivity index is 0.989. The van der Waals surface area contributed by atoms with Crippen molar-refractivity contribution in [3.8, 4) is 33.4 Å². The zero-order valence-corrected chi connectivity index (χ0v) is 30.5. The highest BCUT2D eigenvalue weighted by Gasteiger charge is 2.47. The normalized spacial score (nSPS) is 13.1. The van der Waals surface area contributed by atoms with Gasteiger partial charge in [0.25, 0.3) is 0 Å². The Hall–Kier alpha value is -7.22. The van der Waals surface area contributed by atoms with Crippen molar-refractivity contribution in [3.05, 3.63) is 229 Å². The van der Waals surface area contributed by atoms with Crippen molar-refractivity contribution in [1.82, 2.24) is 0 Å². The second-order valence-electron chi connectivity index (χ2n) is 15.2. The molecule has 0 saturated heterocycles. The Morgan fingerprint density at radius 1 is 0.321 bits per heavy atom. The molecule has 1 aromatic heterocycles. The molecule has 1 aliphatic rings. The highest BCUT2D eigenvalue weighted by molar-refractivity contribution is 6.15. The molecule has 1 aliphatic carbocycles. The number of furan rings is 1. The predicted molar refractivity (Wildman–Crippen MR) is 234 cm³/mol. The summed E-state index contributed by atoms with van der Waals surface area (Å²) < 4.78 is 6.41. The molecule has 0 unspecified atom stereocenters. The topological polar surface area (TPSA) is 13.1 Å². The molecule has 1 heterocycles. The number of hydrogen-bond acceptors (Lipinski definition) is 1. The molecular weight excluding hydrogens is 677 g/mol. The number of fused-ring (bicyclic) bond motifs is 11. The zero-order valence-electron chi connectivity index (χ0n) is 30.5. The van der Waals surface area contributed by atoms with E-state index in [9.17, 15) is 0 Å². The van der Waals surface area contributed by atoms with Gasteiger partial charge in [0.2, 0.25) is 0 Å². The van der Waals surface area contributed by atoms with Crippen molar-refractivity contribution in [2.45, 2.75) is 5.41 Å². The van der Waals surface area contributed by atoms with E-state index in [-0.39, 0.29) is 0 Å². The second kappa shape index (κ2) is 11.9. The third-order valence-corrected chi connectivity index (χ3v) is 12.3. The van der Waals surface area contributed by atoms with Crippen molar-refractivity contribution in [2.75, 3.05) is 0 Å². The first-order valence-corrected chi connectivity index (χ1v) is 19.4. The minimum atomic E-state index is -0.452. The molecular formula is C55H34O. The molecule has 0 fully saturated rings. The Morgan fingerprint density at radius 2 is 0.857 bits per heavy atom. The average molecular weight is 711 g/mol. The Labute approximate surface area is 324 Å². The van der Waals surface area contributed by atoms with Gasteiger partial charge in [-0.2, -0.15) is 0 Å². The van der Waals surface area contributed by atoms with Crippen molar-refractivity contribution in [1.29, 1.82) is 0 Å². The van der Waals surface area contributed by atoms with Crippen LogP contribution in [0.25, 0.3) is 87.6 Å². The molecule has 0 saturated carbocycles. The standard InChI is InChI=1S/C55H34O/c1-3-12-43(13-4-1)55(44-14-5-2-6-15-44)51-18-10-9-17-46(51)47-28-25-36-19-20-41(33-49(36)53(47)55)39-23-21-38-32-40(24-22-37(38)31-39)42-27-30-52-50(34-42)48-29-26-35-11-7-8-16-45(35)54(48)56-52/h1-34H. The molecule has 11 aromatic rings. The summed E-state index contributed by atoms with van der Waals surface area (Å²) in [5.74, 6) is 0. The second-order valence-corrected chi connectivity index (χ2v) is 15.2. The molecule has 1 nitrogen and oxygen atoms in total. The lowest BCUT2D eigenvalue weighted by Crippen LogP contribution is -2.28. The summed E-state index contributed by atoms with van der Waals surface area (Å²) >= 11 is 0. The fourth-order valence-corrected chi connectivity index (χ4v) is 9.74. The van der Waals surface area contributed by atoms with E-state index in [1.807, 2.05) is 0 Å². The molecule has 0 radical (unpaired) electrons. The van der Waals surface area contributed by atoms with E-state index in [0.29, 0.717) is 0 Å². The third kappa shape index (κ3) is 4.43. The van der Waals surface area contributed by atoms with E-state index in [0.717, 1.165) is 27.3 Å². The molecule has 0 N–H and O–H groups in total. The van der Waals surface area contributed by atoms with E-state index in [1.54, 1.807) is 0 Å². The number of hydrogen-bond donors (Lipinski definition) is 0. The highest BCUT2D eigenvalue weighted by Crippen LogP contribution is 2.58. The van der Waals surface area contributed by atoms with E-state index in [2.05, 4.69) is 206 Å². The van der Waals surface area contributed by atoms with E-state index < -0.39 is 5.41 Å². The smallest absolute Gasteiger partial charge is 0.143 e. The maximum atomic E-state index is 6.41. The minimum absolute atomic E-state index is 0.452. The summed E-state index contributed by atoms with van der Waals surface area (Å²) in [6.45, 7) is 0. The monoisotopic (exact) mass is 710 g/mol. The first-order valence-electron chi connectivity index (χ1n) is 19.4.